The molecule has 0 saturated carbocycles. The van der Waals surface area contributed by atoms with Crippen LogP contribution < -0.4 is 9.46 Å². The number of ether oxygens (including phenoxy) is 1. The van der Waals surface area contributed by atoms with Crippen molar-refractivity contribution in [3.63, 3.8) is 0 Å². The number of fused-ring (bicyclic) bond motifs is 1. The molecule has 1 unspecified atom stereocenters. The number of carbonyl (C=O) groups is 1. The van der Waals surface area contributed by atoms with Crippen LogP contribution >= 0.6 is 23.5 Å². The SMILES string of the molecule is CCCOP(=O)(OCCC)C1(NS(=O)(=O)c2ccc(OC)cc2)C=C(Br)C(=O)c2ccccc21. The standard InChI is InChI=1S/C23H27BrNO7PS/c1-4-14-31-33(27,32-15-5-2)23(16-21(24)22(26)19-8-6-7-9-20(19)23)25-34(28,29)18-12-10-17(30-3)11-13-18/h6-13,16,25H,4-5,14-15H2,1-3H3. The molecule has 0 heterocycles. The highest BCUT2D eigenvalue weighted by Gasteiger charge is 2.57. The molecule has 1 N–H and O–H groups in total. The minimum Gasteiger partial charge on any atom is -0.497 e. The predicted octanol–water partition coefficient (Wildman–Crippen LogP) is 5.35. The maximum atomic E-state index is 14.5. The molecule has 8 nitrogen and oxygen atoms in total. The molecule has 0 spiro atoms. The van der Waals surface area contributed by atoms with Gasteiger partial charge in [-0.3, -0.25) is 9.36 Å². The molecule has 1 atom stereocenters. The maximum Gasteiger partial charge on any atom is 0.360 e. The molecular weight excluding hydrogens is 545 g/mol. The van der Waals surface area contributed by atoms with Crippen LogP contribution in [-0.4, -0.2) is 34.5 Å². The second kappa shape index (κ2) is 10.8. The molecule has 34 heavy (non-hydrogen) atoms. The minimum absolute atomic E-state index is 0.0454. The quantitative estimate of drug-likeness (QED) is 0.362. The number of hydrogen-bond acceptors (Lipinski definition) is 7. The molecular formula is C23H27BrNO7PS. The lowest BCUT2D eigenvalue weighted by Crippen LogP contribution is -2.47. The van der Waals surface area contributed by atoms with Crippen molar-refractivity contribution in [2.75, 3.05) is 20.3 Å². The number of halogens is 1. The lowest BCUT2D eigenvalue weighted by molar-refractivity contribution is 0.103. The van der Waals surface area contributed by atoms with Gasteiger partial charge in [0, 0.05) is 11.1 Å². The second-order valence-corrected chi connectivity index (χ2v) is 12.3. The fourth-order valence-electron chi connectivity index (χ4n) is 3.52. The van der Waals surface area contributed by atoms with Gasteiger partial charge in [-0.05, 0) is 59.1 Å². The van der Waals surface area contributed by atoms with E-state index in [0.29, 0.717) is 18.6 Å². The Hall–Kier alpha value is -1.81. The summed E-state index contributed by atoms with van der Waals surface area (Å²) < 4.78 is 61.0. The lowest BCUT2D eigenvalue weighted by Gasteiger charge is -2.40. The summed E-state index contributed by atoms with van der Waals surface area (Å²) in [5.41, 5.74) is 0.380. The van der Waals surface area contributed by atoms with Crippen molar-refractivity contribution in [1.82, 2.24) is 4.72 Å². The number of Topliss-reactive ketones (excluding diaryl/α,β-unsaturated/α-hetero) is 1. The van der Waals surface area contributed by atoms with Gasteiger partial charge in [-0.2, -0.15) is 4.72 Å². The average Bonchev–Trinajstić information content (AvgIpc) is 2.84. The summed E-state index contributed by atoms with van der Waals surface area (Å²) in [4.78, 5) is 12.8. The van der Waals surface area contributed by atoms with Crippen molar-refractivity contribution in [2.45, 2.75) is 36.9 Å². The minimum atomic E-state index is -4.27. The summed E-state index contributed by atoms with van der Waals surface area (Å²) in [6.45, 7) is 3.80. The van der Waals surface area contributed by atoms with E-state index in [0.717, 1.165) is 0 Å². The van der Waals surface area contributed by atoms with Crippen LogP contribution in [0.3, 0.4) is 0 Å². The maximum absolute atomic E-state index is 14.5. The third-order valence-electron chi connectivity index (χ3n) is 5.16. The van der Waals surface area contributed by atoms with Gasteiger partial charge in [0.15, 0.2) is 11.1 Å². The number of carbonyl (C=O) groups excluding carboxylic acids is 1. The van der Waals surface area contributed by atoms with Crippen LogP contribution in [0.25, 0.3) is 0 Å². The van der Waals surface area contributed by atoms with Crippen molar-refractivity contribution in [3.8, 4) is 5.75 Å². The van der Waals surface area contributed by atoms with Gasteiger partial charge in [-0.15, -0.1) is 0 Å². The van der Waals surface area contributed by atoms with Gasteiger partial charge in [0.25, 0.3) is 0 Å². The normalized spacial score (nSPS) is 18.4. The van der Waals surface area contributed by atoms with Crippen molar-refractivity contribution in [3.05, 3.63) is 70.2 Å². The highest BCUT2D eigenvalue weighted by molar-refractivity contribution is 9.12. The van der Waals surface area contributed by atoms with Crippen molar-refractivity contribution in [1.29, 1.82) is 0 Å². The van der Waals surface area contributed by atoms with E-state index in [1.807, 2.05) is 13.8 Å². The molecule has 0 bridgehead atoms. The molecule has 0 aromatic heterocycles. The molecule has 0 fully saturated rings. The Morgan fingerprint density at radius 2 is 1.59 bits per heavy atom. The summed E-state index contributed by atoms with van der Waals surface area (Å²) in [6.07, 6.45) is 2.32. The van der Waals surface area contributed by atoms with Gasteiger partial charge in [0.2, 0.25) is 10.0 Å². The zero-order valence-corrected chi connectivity index (χ0v) is 22.4. The van der Waals surface area contributed by atoms with Crippen LogP contribution in [0.15, 0.2) is 64.0 Å². The lowest BCUT2D eigenvalue weighted by atomic mass is 9.92. The molecule has 0 radical (unpaired) electrons. The Morgan fingerprint density at radius 1 is 1.00 bits per heavy atom. The first-order chi connectivity index (χ1) is 16.1. The first-order valence-electron chi connectivity index (χ1n) is 10.7. The van der Waals surface area contributed by atoms with Crippen LogP contribution in [0.1, 0.15) is 42.6 Å². The Morgan fingerprint density at radius 3 is 2.15 bits per heavy atom. The first-order valence-corrected chi connectivity index (χ1v) is 14.6. The Bertz CT molecular complexity index is 1220. The fraction of sp³-hybridized carbons (Fsp3) is 0.348. The summed E-state index contributed by atoms with van der Waals surface area (Å²) in [7, 11) is -7.06. The van der Waals surface area contributed by atoms with E-state index in [1.165, 1.54) is 37.5 Å². The van der Waals surface area contributed by atoms with E-state index >= 15 is 0 Å². The molecule has 0 amide bonds. The molecule has 0 aliphatic heterocycles. The highest BCUT2D eigenvalue weighted by atomic mass is 79.9. The number of sulfonamides is 1. The topological polar surface area (TPSA) is 108 Å². The number of hydrogen-bond donors (Lipinski definition) is 1. The third-order valence-corrected chi connectivity index (χ3v) is 9.77. The van der Waals surface area contributed by atoms with Crippen LogP contribution in [0.4, 0.5) is 0 Å². The van der Waals surface area contributed by atoms with Gasteiger partial charge in [-0.25, -0.2) is 8.42 Å². The fourth-order valence-corrected chi connectivity index (χ4v) is 8.36. The number of allylic oxidation sites excluding steroid dienone is 1. The van der Waals surface area contributed by atoms with E-state index in [4.69, 9.17) is 13.8 Å². The average molecular weight is 572 g/mol. The van der Waals surface area contributed by atoms with E-state index in [1.54, 1.807) is 24.3 Å². The van der Waals surface area contributed by atoms with Crippen LogP contribution in [0.2, 0.25) is 0 Å². The van der Waals surface area contributed by atoms with Gasteiger partial charge in [0.1, 0.15) is 5.75 Å². The molecule has 11 heteroatoms. The molecule has 1 aliphatic carbocycles. The smallest absolute Gasteiger partial charge is 0.360 e. The number of benzene rings is 2. The summed E-state index contributed by atoms with van der Waals surface area (Å²) in [5, 5.41) is -1.99. The number of rotatable bonds is 11. The van der Waals surface area contributed by atoms with E-state index in [-0.39, 0.29) is 39.5 Å². The van der Waals surface area contributed by atoms with E-state index in [2.05, 4.69) is 20.7 Å². The molecule has 1 aliphatic rings. The Labute approximate surface area is 208 Å². The monoisotopic (exact) mass is 571 g/mol. The number of ketones is 1. The van der Waals surface area contributed by atoms with Crippen LogP contribution in [-0.2, 0) is 28.9 Å². The Kier molecular flexibility index (Phi) is 8.55. The van der Waals surface area contributed by atoms with Crippen molar-refractivity contribution in [2.24, 2.45) is 0 Å². The summed E-state index contributed by atoms with van der Waals surface area (Å²) in [5.74, 6) is 0.112. The zero-order chi connectivity index (χ0) is 25.0. The third kappa shape index (κ3) is 5.08. The Balaban J connectivity index is 2.28. The molecule has 184 valence electrons. The van der Waals surface area contributed by atoms with Crippen molar-refractivity contribution >= 4 is 39.3 Å². The summed E-state index contributed by atoms with van der Waals surface area (Å²) in [6, 6.07) is 12.1. The molecule has 0 saturated heterocycles. The van der Waals surface area contributed by atoms with Crippen LogP contribution in [0.5, 0.6) is 5.75 Å². The molecule has 2 aromatic carbocycles. The largest absolute Gasteiger partial charge is 0.497 e. The summed E-state index contributed by atoms with van der Waals surface area (Å²) >= 11 is 3.24. The van der Waals surface area contributed by atoms with Crippen molar-refractivity contribution < 1.29 is 31.6 Å². The predicted molar refractivity (Wildman–Crippen MR) is 133 cm³/mol. The number of methoxy groups -OCH3 is 1. The van der Waals surface area contributed by atoms with Gasteiger partial charge < -0.3 is 13.8 Å². The first kappa shape index (κ1) is 26.8. The van der Waals surface area contributed by atoms with Crippen LogP contribution in [0, 0.1) is 0 Å². The van der Waals surface area contributed by atoms with Gasteiger partial charge in [-0.1, -0.05) is 38.1 Å². The van der Waals surface area contributed by atoms with Gasteiger partial charge >= 0.3 is 7.60 Å². The number of nitrogens with one attached hydrogen (secondary N) is 1. The van der Waals surface area contributed by atoms with E-state index < -0.39 is 22.9 Å². The molecule has 2 aromatic rings. The van der Waals surface area contributed by atoms with Gasteiger partial charge in [0.05, 0.1) is 29.7 Å². The highest BCUT2D eigenvalue weighted by Crippen LogP contribution is 2.66. The second-order valence-electron chi connectivity index (χ2n) is 7.58. The van der Waals surface area contributed by atoms with E-state index in [9.17, 15) is 17.8 Å². The molecule has 3 rings (SSSR count). The zero-order valence-electron chi connectivity index (χ0n) is 19.1.